The van der Waals surface area contributed by atoms with Crippen LogP contribution in [0.25, 0.3) is 0 Å². The van der Waals surface area contributed by atoms with Gasteiger partial charge >= 0.3 is 0 Å². The molecule has 0 radical (unpaired) electrons. The van der Waals surface area contributed by atoms with Crippen molar-refractivity contribution in [2.45, 2.75) is 46.3 Å². The van der Waals surface area contributed by atoms with Gasteiger partial charge in [-0.05, 0) is 52.0 Å². The van der Waals surface area contributed by atoms with Gasteiger partial charge in [0.15, 0.2) is 0 Å². The first-order valence-electron chi connectivity index (χ1n) is 7.44. The molecule has 114 valence electrons. The predicted octanol–water partition coefficient (Wildman–Crippen LogP) is 4.58. The quantitative estimate of drug-likeness (QED) is 0.869. The lowest BCUT2D eigenvalue weighted by Gasteiger charge is -2.20. The van der Waals surface area contributed by atoms with Crippen LogP contribution in [0.4, 0.5) is 5.69 Å². The average Bonchev–Trinajstić information content (AvgIpc) is 2.84. The van der Waals surface area contributed by atoms with Gasteiger partial charge < -0.3 is 10.2 Å². The van der Waals surface area contributed by atoms with E-state index in [1.165, 1.54) is 21.0 Å². The number of hydrogen-bond donors (Lipinski definition) is 1. The van der Waals surface area contributed by atoms with Crippen LogP contribution in [0.5, 0.6) is 0 Å². The Morgan fingerprint density at radius 3 is 2.24 bits per heavy atom. The van der Waals surface area contributed by atoms with Gasteiger partial charge in [-0.1, -0.05) is 17.7 Å². The molecule has 0 aliphatic rings. The van der Waals surface area contributed by atoms with Crippen LogP contribution in [0.1, 0.15) is 36.1 Å². The number of anilines is 1. The Balaban J connectivity index is 1.94. The Hall–Kier alpha value is -1.32. The van der Waals surface area contributed by atoms with Gasteiger partial charge in [-0.25, -0.2) is 0 Å². The smallest absolute Gasteiger partial charge is 0.0519 e. The third-order valence-corrected chi connectivity index (χ3v) is 4.45. The fourth-order valence-corrected chi connectivity index (χ4v) is 3.09. The standard InChI is InChI=1S/C18H26N2S/c1-14-6-8-15(9-7-14)20(5)13-17-11-10-16(21-17)12-19-18(2,3)4/h6-11,19H,12-13H2,1-5H3. The molecule has 2 nitrogen and oxygen atoms in total. The van der Waals surface area contributed by atoms with E-state index < -0.39 is 0 Å². The highest BCUT2D eigenvalue weighted by Gasteiger charge is 2.10. The van der Waals surface area contributed by atoms with E-state index in [1.807, 2.05) is 11.3 Å². The second-order valence-corrected chi connectivity index (χ2v) is 7.92. The molecule has 0 bridgehead atoms. The van der Waals surface area contributed by atoms with E-state index in [0.29, 0.717) is 0 Å². The normalized spacial score (nSPS) is 11.7. The SMILES string of the molecule is Cc1ccc(N(C)Cc2ccc(CNC(C)(C)C)s2)cc1. The lowest BCUT2D eigenvalue weighted by atomic mass is 10.1. The van der Waals surface area contributed by atoms with Crippen LogP contribution in [0.15, 0.2) is 36.4 Å². The topological polar surface area (TPSA) is 15.3 Å². The van der Waals surface area contributed by atoms with Crippen molar-refractivity contribution in [2.24, 2.45) is 0 Å². The fourth-order valence-electron chi connectivity index (χ4n) is 2.08. The Bertz CT molecular complexity index is 564. The van der Waals surface area contributed by atoms with E-state index in [4.69, 9.17) is 0 Å². The van der Waals surface area contributed by atoms with Gasteiger partial charge in [0, 0.05) is 34.6 Å². The summed E-state index contributed by atoms with van der Waals surface area (Å²) in [4.78, 5) is 5.10. The molecule has 0 fully saturated rings. The van der Waals surface area contributed by atoms with E-state index in [2.05, 4.69) is 81.4 Å². The molecule has 0 aliphatic carbocycles. The first kappa shape index (κ1) is 16.1. The Morgan fingerprint density at radius 2 is 1.62 bits per heavy atom. The van der Waals surface area contributed by atoms with Gasteiger partial charge in [-0.2, -0.15) is 0 Å². The molecular formula is C18H26N2S. The number of thiophene rings is 1. The van der Waals surface area contributed by atoms with Crippen LogP contribution >= 0.6 is 11.3 Å². The van der Waals surface area contributed by atoms with Crippen LogP contribution in [-0.2, 0) is 13.1 Å². The second kappa shape index (κ2) is 6.63. The molecule has 0 saturated heterocycles. The average molecular weight is 302 g/mol. The number of nitrogens with zero attached hydrogens (tertiary/aromatic N) is 1. The van der Waals surface area contributed by atoms with Crippen LogP contribution in [-0.4, -0.2) is 12.6 Å². The third-order valence-electron chi connectivity index (χ3n) is 3.38. The molecule has 1 aromatic heterocycles. The molecule has 0 unspecified atom stereocenters. The molecule has 3 heteroatoms. The summed E-state index contributed by atoms with van der Waals surface area (Å²) in [5, 5.41) is 3.54. The first-order chi connectivity index (χ1) is 9.83. The minimum Gasteiger partial charge on any atom is -0.369 e. The van der Waals surface area contributed by atoms with Crippen LogP contribution in [0.2, 0.25) is 0 Å². The number of benzene rings is 1. The molecule has 21 heavy (non-hydrogen) atoms. The van der Waals surface area contributed by atoms with E-state index in [0.717, 1.165) is 13.1 Å². The highest BCUT2D eigenvalue weighted by molar-refractivity contribution is 7.12. The zero-order valence-electron chi connectivity index (χ0n) is 13.7. The zero-order valence-corrected chi connectivity index (χ0v) is 14.6. The van der Waals surface area contributed by atoms with Gasteiger partial charge in [0.25, 0.3) is 0 Å². The lowest BCUT2D eigenvalue weighted by molar-refractivity contribution is 0.426. The summed E-state index contributed by atoms with van der Waals surface area (Å²) in [6, 6.07) is 13.2. The Morgan fingerprint density at radius 1 is 1.00 bits per heavy atom. The maximum atomic E-state index is 3.54. The van der Waals surface area contributed by atoms with Gasteiger partial charge in [-0.15, -0.1) is 11.3 Å². The predicted molar refractivity (Wildman–Crippen MR) is 94.2 cm³/mol. The van der Waals surface area contributed by atoms with Crippen molar-refractivity contribution in [2.75, 3.05) is 11.9 Å². The van der Waals surface area contributed by atoms with Crippen molar-refractivity contribution in [3.05, 3.63) is 51.7 Å². The first-order valence-corrected chi connectivity index (χ1v) is 8.25. The van der Waals surface area contributed by atoms with Crippen LogP contribution < -0.4 is 10.2 Å². The lowest BCUT2D eigenvalue weighted by Crippen LogP contribution is -2.34. The van der Waals surface area contributed by atoms with E-state index >= 15 is 0 Å². The Labute approximate surface area is 132 Å². The number of nitrogens with one attached hydrogen (secondary N) is 1. The molecular weight excluding hydrogens is 276 g/mol. The summed E-state index contributed by atoms with van der Waals surface area (Å²) in [7, 11) is 2.15. The molecule has 0 amide bonds. The van der Waals surface area contributed by atoms with Crippen molar-refractivity contribution in [3.8, 4) is 0 Å². The number of aryl methyl sites for hydroxylation is 1. The Kier molecular flexibility index (Phi) is 5.07. The van der Waals surface area contributed by atoms with Crippen molar-refractivity contribution >= 4 is 17.0 Å². The van der Waals surface area contributed by atoms with Crippen molar-refractivity contribution in [1.82, 2.24) is 5.32 Å². The van der Waals surface area contributed by atoms with E-state index in [1.54, 1.807) is 0 Å². The van der Waals surface area contributed by atoms with Gasteiger partial charge in [0.05, 0.1) is 6.54 Å². The highest BCUT2D eigenvalue weighted by Crippen LogP contribution is 2.22. The number of hydrogen-bond acceptors (Lipinski definition) is 3. The minimum absolute atomic E-state index is 0.169. The van der Waals surface area contributed by atoms with E-state index in [-0.39, 0.29) is 5.54 Å². The molecule has 0 atom stereocenters. The molecule has 0 spiro atoms. The van der Waals surface area contributed by atoms with Gasteiger partial charge in [-0.3, -0.25) is 0 Å². The van der Waals surface area contributed by atoms with Crippen molar-refractivity contribution in [3.63, 3.8) is 0 Å². The molecule has 0 aliphatic heterocycles. The summed E-state index contributed by atoms with van der Waals surface area (Å²) in [5.74, 6) is 0. The van der Waals surface area contributed by atoms with Crippen molar-refractivity contribution in [1.29, 1.82) is 0 Å². The summed E-state index contributed by atoms with van der Waals surface area (Å²) in [6.07, 6.45) is 0. The maximum absolute atomic E-state index is 3.54. The molecule has 1 aromatic carbocycles. The maximum Gasteiger partial charge on any atom is 0.0519 e. The van der Waals surface area contributed by atoms with Gasteiger partial charge in [0.2, 0.25) is 0 Å². The van der Waals surface area contributed by atoms with Crippen LogP contribution in [0.3, 0.4) is 0 Å². The largest absolute Gasteiger partial charge is 0.369 e. The third kappa shape index (κ3) is 5.18. The summed E-state index contributed by atoms with van der Waals surface area (Å²) >= 11 is 1.90. The van der Waals surface area contributed by atoms with E-state index in [9.17, 15) is 0 Å². The van der Waals surface area contributed by atoms with Crippen molar-refractivity contribution < 1.29 is 0 Å². The molecule has 2 rings (SSSR count). The fraction of sp³-hybridized carbons (Fsp3) is 0.444. The summed E-state index contributed by atoms with van der Waals surface area (Å²) in [6.45, 7) is 10.6. The molecule has 2 aromatic rings. The van der Waals surface area contributed by atoms with Gasteiger partial charge in [0.1, 0.15) is 0 Å². The molecule has 0 saturated carbocycles. The van der Waals surface area contributed by atoms with Crippen LogP contribution in [0, 0.1) is 6.92 Å². The summed E-state index contributed by atoms with van der Waals surface area (Å²) < 4.78 is 0. The number of rotatable bonds is 5. The second-order valence-electron chi connectivity index (χ2n) is 6.66. The minimum atomic E-state index is 0.169. The monoisotopic (exact) mass is 302 g/mol. The highest BCUT2D eigenvalue weighted by atomic mass is 32.1. The zero-order chi connectivity index (χ0) is 15.5. The molecule has 1 N–H and O–H groups in total. The summed E-state index contributed by atoms with van der Waals surface area (Å²) in [5.41, 5.74) is 2.74. The molecule has 1 heterocycles.